The Morgan fingerprint density at radius 2 is 2.08 bits per heavy atom. The highest BCUT2D eigenvalue weighted by atomic mass is 16.6. The number of para-hydroxylation sites is 2. The van der Waals surface area contributed by atoms with Crippen LogP contribution in [-0.4, -0.2) is 34.2 Å². The number of nitro groups is 1. The number of nitrogens with one attached hydrogen (secondary N) is 1. The van der Waals surface area contributed by atoms with E-state index in [4.69, 9.17) is 9.47 Å². The van der Waals surface area contributed by atoms with E-state index in [9.17, 15) is 14.9 Å². The Balaban J connectivity index is 2.01. The van der Waals surface area contributed by atoms with Crippen LogP contribution in [0.1, 0.15) is 17.3 Å². The lowest BCUT2D eigenvalue weighted by Crippen LogP contribution is -2.23. The summed E-state index contributed by atoms with van der Waals surface area (Å²) in [4.78, 5) is 27.6. The largest absolute Gasteiger partial charge is 0.493 e. The molecule has 9 heteroatoms. The molecule has 3 rings (SSSR count). The van der Waals surface area contributed by atoms with Crippen molar-refractivity contribution >= 4 is 22.6 Å². The van der Waals surface area contributed by atoms with Crippen molar-refractivity contribution in [3.63, 3.8) is 0 Å². The zero-order valence-corrected chi connectivity index (χ0v) is 14.1. The molecule has 0 spiro atoms. The molecule has 3 aromatic rings. The van der Waals surface area contributed by atoms with Crippen molar-refractivity contribution in [2.24, 2.45) is 0 Å². The van der Waals surface area contributed by atoms with E-state index in [1.54, 1.807) is 25.1 Å². The minimum absolute atomic E-state index is 0.145. The first-order valence-corrected chi connectivity index (χ1v) is 7.77. The van der Waals surface area contributed by atoms with Gasteiger partial charge in [0.05, 0.1) is 35.7 Å². The van der Waals surface area contributed by atoms with Crippen LogP contribution >= 0.6 is 0 Å². The number of aromatic nitrogens is 2. The van der Waals surface area contributed by atoms with Crippen LogP contribution in [0.4, 0.5) is 5.69 Å². The maximum atomic E-state index is 12.7. The third-order valence-corrected chi connectivity index (χ3v) is 3.70. The average molecular weight is 356 g/mol. The first-order chi connectivity index (χ1) is 12.5. The molecular weight excluding hydrogens is 340 g/mol. The number of hydrogen-bond acceptors (Lipinski definition) is 6. The number of amides is 1. The van der Waals surface area contributed by atoms with Gasteiger partial charge in [-0.25, -0.2) is 9.66 Å². The van der Waals surface area contributed by atoms with E-state index in [1.807, 2.05) is 6.07 Å². The summed E-state index contributed by atoms with van der Waals surface area (Å²) >= 11 is 0. The highest BCUT2D eigenvalue weighted by Gasteiger charge is 2.25. The number of imidazole rings is 1. The summed E-state index contributed by atoms with van der Waals surface area (Å²) in [5.74, 6) is -0.231. The van der Waals surface area contributed by atoms with Crippen molar-refractivity contribution in [1.82, 2.24) is 9.66 Å². The van der Waals surface area contributed by atoms with Gasteiger partial charge < -0.3 is 9.47 Å². The second-order valence-electron chi connectivity index (χ2n) is 5.25. The van der Waals surface area contributed by atoms with Crippen molar-refractivity contribution in [1.29, 1.82) is 0 Å². The van der Waals surface area contributed by atoms with Crippen molar-refractivity contribution in [3.8, 4) is 11.5 Å². The summed E-state index contributed by atoms with van der Waals surface area (Å²) in [6.07, 6.45) is 1.43. The van der Waals surface area contributed by atoms with Gasteiger partial charge in [-0.1, -0.05) is 12.1 Å². The monoisotopic (exact) mass is 356 g/mol. The van der Waals surface area contributed by atoms with Crippen molar-refractivity contribution in [3.05, 3.63) is 58.4 Å². The standard InChI is InChI=1S/C17H16N4O5/c1-3-26-16-9-14(21(23)24)11(8-15(16)25-2)17(22)19-20-10-18-12-6-4-5-7-13(12)20/h4-10H,3H2,1-2H3,(H,19,22). The third-order valence-electron chi connectivity index (χ3n) is 3.70. The number of nitro benzene ring substituents is 1. The molecule has 2 aromatic carbocycles. The molecule has 26 heavy (non-hydrogen) atoms. The van der Waals surface area contributed by atoms with E-state index < -0.39 is 10.8 Å². The molecular formula is C17H16N4O5. The number of hydrogen-bond donors (Lipinski definition) is 1. The Labute approximate surface area is 148 Å². The molecule has 0 bridgehead atoms. The van der Waals surface area contributed by atoms with Gasteiger partial charge in [-0.3, -0.25) is 20.3 Å². The minimum Gasteiger partial charge on any atom is -0.493 e. The highest BCUT2D eigenvalue weighted by Crippen LogP contribution is 2.34. The molecule has 0 radical (unpaired) electrons. The molecule has 9 nitrogen and oxygen atoms in total. The van der Waals surface area contributed by atoms with Gasteiger partial charge in [-0.05, 0) is 19.1 Å². The number of carbonyl (C=O) groups is 1. The maximum absolute atomic E-state index is 12.7. The van der Waals surface area contributed by atoms with Gasteiger partial charge in [0.1, 0.15) is 11.9 Å². The molecule has 0 saturated heterocycles. The SMILES string of the molecule is CCOc1cc([N+](=O)[O-])c(C(=O)Nn2cnc3ccccc32)cc1OC. The van der Waals surface area contributed by atoms with Crippen molar-refractivity contribution in [2.75, 3.05) is 19.1 Å². The fourth-order valence-corrected chi connectivity index (χ4v) is 2.53. The highest BCUT2D eigenvalue weighted by molar-refractivity contribution is 6.04. The molecule has 0 fully saturated rings. The first-order valence-electron chi connectivity index (χ1n) is 7.77. The zero-order valence-electron chi connectivity index (χ0n) is 14.1. The summed E-state index contributed by atoms with van der Waals surface area (Å²) in [7, 11) is 1.40. The first kappa shape index (κ1) is 17.2. The Morgan fingerprint density at radius 3 is 2.77 bits per heavy atom. The Morgan fingerprint density at radius 1 is 1.31 bits per heavy atom. The Hall–Kier alpha value is -3.62. The van der Waals surface area contributed by atoms with Gasteiger partial charge in [0.25, 0.3) is 11.6 Å². The van der Waals surface area contributed by atoms with E-state index in [2.05, 4.69) is 10.4 Å². The van der Waals surface area contributed by atoms with Crippen LogP contribution in [0, 0.1) is 10.1 Å². The summed E-state index contributed by atoms with van der Waals surface area (Å²) in [6, 6.07) is 9.66. The molecule has 1 N–H and O–H groups in total. The van der Waals surface area contributed by atoms with E-state index in [0.717, 1.165) is 0 Å². The van der Waals surface area contributed by atoms with Gasteiger partial charge in [0.2, 0.25) is 0 Å². The van der Waals surface area contributed by atoms with Crippen LogP contribution in [-0.2, 0) is 0 Å². The summed E-state index contributed by atoms with van der Waals surface area (Å²) in [6.45, 7) is 2.05. The van der Waals surface area contributed by atoms with Crippen LogP contribution in [0.15, 0.2) is 42.7 Å². The zero-order chi connectivity index (χ0) is 18.7. The fraction of sp³-hybridized carbons (Fsp3) is 0.176. The predicted molar refractivity (Wildman–Crippen MR) is 94.2 cm³/mol. The molecule has 0 unspecified atom stereocenters. The minimum atomic E-state index is -0.666. The molecule has 0 aliphatic heterocycles. The molecule has 1 amide bonds. The topological polar surface area (TPSA) is 109 Å². The second kappa shape index (κ2) is 7.09. The van der Waals surface area contributed by atoms with Gasteiger partial charge in [-0.2, -0.15) is 0 Å². The average Bonchev–Trinajstić information content (AvgIpc) is 3.04. The lowest BCUT2D eigenvalue weighted by Gasteiger charge is -2.12. The number of benzene rings is 2. The van der Waals surface area contributed by atoms with Gasteiger partial charge in [-0.15, -0.1) is 0 Å². The van der Waals surface area contributed by atoms with Gasteiger partial charge in [0.15, 0.2) is 11.5 Å². The quantitative estimate of drug-likeness (QED) is 0.537. The van der Waals surface area contributed by atoms with Crippen LogP contribution < -0.4 is 14.9 Å². The smallest absolute Gasteiger partial charge is 0.286 e. The van der Waals surface area contributed by atoms with Gasteiger partial charge in [0, 0.05) is 6.07 Å². The lowest BCUT2D eigenvalue weighted by molar-refractivity contribution is -0.385. The van der Waals surface area contributed by atoms with Crippen LogP contribution in [0.5, 0.6) is 11.5 Å². The third kappa shape index (κ3) is 3.14. The van der Waals surface area contributed by atoms with E-state index in [1.165, 1.54) is 30.2 Å². The number of fused-ring (bicyclic) bond motifs is 1. The molecule has 0 aliphatic carbocycles. The van der Waals surface area contributed by atoms with Crippen molar-refractivity contribution < 1.29 is 19.2 Å². The fourth-order valence-electron chi connectivity index (χ4n) is 2.53. The lowest BCUT2D eigenvalue weighted by atomic mass is 10.1. The van der Waals surface area contributed by atoms with E-state index in [-0.39, 0.29) is 22.7 Å². The number of rotatable bonds is 6. The van der Waals surface area contributed by atoms with E-state index in [0.29, 0.717) is 17.6 Å². The van der Waals surface area contributed by atoms with Gasteiger partial charge >= 0.3 is 0 Å². The molecule has 1 heterocycles. The van der Waals surface area contributed by atoms with Crippen LogP contribution in [0.2, 0.25) is 0 Å². The summed E-state index contributed by atoms with van der Waals surface area (Å²) in [5, 5.41) is 11.4. The molecule has 0 atom stereocenters. The van der Waals surface area contributed by atoms with Crippen molar-refractivity contribution in [2.45, 2.75) is 6.92 Å². The number of carbonyl (C=O) groups excluding carboxylic acids is 1. The maximum Gasteiger partial charge on any atom is 0.286 e. The molecule has 134 valence electrons. The molecule has 0 aliphatic rings. The summed E-state index contributed by atoms with van der Waals surface area (Å²) < 4.78 is 11.9. The number of methoxy groups -OCH3 is 1. The summed E-state index contributed by atoms with van der Waals surface area (Å²) in [5.41, 5.74) is 3.42. The number of nitrogens with zero attached hydrogens (tertiary/aromatic N) is 3. The Bertz CT molecular complexity index is 982. The number of ether oxygens (including phenoxy) is 2. The van der Waals surface area contributed by atoms with Crippen LogP contribution in [0.3, 0.4) is 0 Å². The second-order valence-corrected chi connectivity index (χ2v) is 5.25. The Kier molecular flexibility index (Phi) is 4.70. The van der Waals surface area contributed by atoms with Crippen LogP contribution in [0.25, 0.3) is 11.0 Å². The van der Waals surface area contributed by atoms with E-state index >= 15 is 0 Å². The molecule has 1 aromatic heterocycles. The molecule has 0 saturated carbocycles. The predicted octanol–water partition coefficient (Wildman–Crippen LogP) is 2.74. The normalized spacial score (nSPS) is 10.5.